The van der Waals surface area contributed by atoms with Crippen LogP contribution >= 0.6 is 0 Å². The third-order valence-electron chi connectivity index (χ3n) is 4.98. The second kappa shape index (κ2) is 7.70. The molecule has 1 fully saturated rings. The molecule has 1 aliphatic rings. The molecule has 1 saturated heterocycles. The largest absolute Gasteiger partial charge is 0.497 e. The van der Waals surface area contributed by atoms with Crippen molar-refractivity contribution in [3.63, 3.8) is 0 Å². The van der Waals surface area contributed by atoms with E-state index in [1.54, 1.807) is 36.4 Å². The van der Waals surface area contributed by atoms with Gasteiger partial charge in [0.05, 0.1) is 19.2 Å². The molecule has 29 heavy (non-hydrogen) atoms. The minimum absolute atomic E-state index is 0.0420. The maximum absolute atomic E-state index is 13.4. The number of benzene rings is 2. The summed E-state index contributed by atoms with van der Waals surface area (Å²) < 4.78 is 5.22. The molecule has 0 N–H and O–H groups in total. The van der Waals surface area contributed by atoms with Gasteiger partial charge < -0.3 is 9.64 Å². The van der Waals surface area contributed by atoms with Crippen LogP contribution in [-0.4, -0.2) is 41.3 Å². The van der Waals surface area contributed by atoms with E-state index >= 15 is 0 Å². The first-order chi connectivity index (χ1) is 13.6. The minimum Gasteiger partial charge on any atom is -0.497 e. The van der Waals surface area contributed by atoms with Gasteiger partial charge in [-0.3, -0.25) is 14.4 Å². The number of hydrogen-bond donors (Lipinski definition) is 0. The van der Waals surface area contributed by atoms with Gasteiger partial charge in [0.25, 0.3) is 11.8 Å². The summed E-state index contributed by atoms with van der Waals surface area (Å²) in [7, 11) is 1.53. The molecule has 0 saturated carbocycles. The number of hydrogen-bond acceptors (Lipinski definition) is 4. The number of nitrogens with zero attached hydrogens (tertiary/aromatic N) is 2. The highest BCUT2D eigenvalue weighted by atomic mass is 16.5. The van der Waals surface area contributed by atoms with Crippen LogP contribution in [0.15, 0.2) is 48.5 Å². The Hall–Kier alpha value is -3.15. The van der Waals surface area contributed by atoms with Gasteiger partial charge >= 0.3 is 0 Å². The van der Waals surface area contributed by atoms with E-state index in [-0.39, 0.29) is 24.1 Å². The van der Waals surface area contributed by atoms with Gasteiger partial charge in [0.2, 0.25) is 5.91 Å². The molecule has 3 amide bonds. The summed E-state index contributed by atoms with van der Waals surface area (Å²) in [6, 6.07) is 13.1. The van der Waals surface area contributed by atoms with Gasteiger partial charge in [-0.15, -0.1) is 0 Å². The second-order valence-corrected chi connectivity index (χ2v) is 8.20. The molecule has 0 spiro atoms. The summed E-state index contributed by atoms with van der Waals surface area (Å²) >= 11 is 0. The lowest BCUT2D eigenvalue weighted by Gasteiger charge is -2.39. The maximum atomic E-state index is 13.4. The number of carbonyl (C=O) groups is 3. The Bertz CT molecular complexity index is 944. The lowest BCUT2D eigenvalue weighted by Crippen LogP contribution is -2.54. The van der Waals surface area contributed by atoms with Gasteiger partial charge in [0, 0.05) is 11.1 Å². The number of anilines is 1. The van der Waals surface area contributed by atoms with E-state index in [2.05, 4.69) is 0 Å². The third kappa shape index (κ3) is 4.01. The van der Waals surface area contributed by atoms with Crippen molar-refractivity contribution in [1.82, 2.24) is 4.90 Å². The SMILES string of the molecule is COc1cccc(C(=O)N(C2CC(=O)N(c3ccc(C)cc3)C2=O)C(C)(C)C)c1. The fourth-order valence-corrected chi connectivity index (χ4v) is 3.59. The van der Waals surface area contributed by atoms with Crippen LogP contribution in [0.4, 0.5) is 5.69 Å². The molecule has 2 aromatic rings. The molecule has 1 aliphatic heterocycles. The van der Waals surface area contributed by atoms with Crippen molar-refractivity contribution in [2.24, 2.45) is 0 Å². The standard InChI is InChI=1S/C23H26N2O4/c1-15-9-11-17(12-10-15)24-20(26)14-19(22(24)28)25(23(2,3)4)21(27)16-7-6-8-18(13-16)29-5/h6-13,19H,14H2,1-5H3. The number of carbonyl (C=O) groups excluding carboxylic acids is 3. The zero-order chi connectivity index (χ0) is 21.3. The summed E-state index contributed by atoms with van der Waals surface area (Å²) in [6.45, 7) is 7.51. The van der Waals surface area contributed by atoms with Crippen molar-refractivity contribution in [3.05, 3.63) is 59.7 Å². The van der Waals surface area contributed by atoms with Gasteiger partial charge in [-0.1, -0.05) is 23.8 Å². The quantitative estimate of drug-likeness (QED) is 0.744. The van der Waals surface area contributed by atoms with Gasteiger partial charge in [-0.05, 0) is 58.0 Å². The van der Waals surface area contributed by atoms with Crippen LogP contribution in [0.5, 0.6) is 5.75 Å². The fourth-order valence-electron chi connectivity index (χ4n) is 3.59. The zero-order valence-corrected chi connectivity index (χ0v) is 17.4. The summed E-state index contributed by atoms with van der Waals surface area (Å²) in [4.78, 5) is 42.0. The topological polar surface area (TPSA) is 66.9 Å². The Morgan fingerprint density at radius 2 is 1.76 bits per heavy atom. The second-order valence-electron chi connectivity index (χ2n) is 8.20. The average molecular weight is 394 g/mol. The normalized spacial score (nSPS) is 16.9. The van der Waals surface area contributed by atoms with Crippen molar-refractivity contribution in [2.75, 3.05) is 12.0 Å². The molecular weight excluding hydrogens is 368 g/mol. The highest BCUT2D eigenvalue weighted by Gasteiger charge is 2.47. The van der Waals surface area contributed by atoms with Gasteiger partial charge in [0.15, 0.2) is 0 Å². The summed E-state index contributed by atoms with van der Waals surface area (Å²) in [5.74, 6) is -0.449. The molecule has 0 aliphatic carbocycles. The van der Waals surface area contributed by atoms with Crippen LogP contribution in [0.2, 0.25) is 0 Å². The van der Waals surface area contributed by atoms with Crippen LogP contribution in [0.3, 0.4) is 0 Å². The van der Waals surface area contributed by atoms with Crippen molar-refractivity contribution in [3.8, 4) is 5.75 Å². The number of amides is 3. The maximum Gasteiger partial charge on any atom is 0.257 e. The van der Waals surface area contributed by atoms with E-state index in [1.165, 1.54) is 16.9 Å². The van der Waals surface area contributed by atoms with Crippen molar-refractivity contribution in [1.29, 1.82) is 0 Å². The van der Waals surface area contributed by atoms with E-state index < -0.39 is 11.6 Å². The summed E-state index contributed by atoms with van der Waals surface area (Å²) in [6.07, 6.45) is -0.0420. The van der Waals surface area contributed by atoms with E-state index in [9.17, 15) is 14.4 Å². The number of aryl methyl sites for hydroxylation is 1. The molecule has 6 nitrogen and oxygen atoms in total. The predicted molar refractivity (Wildman–Crippen MR) is 111 cm³/mol. The van der Waals surface area contributed by atoms with Crippen LogP contribution in [-0.2, 0) is 9.59 Å². The first kappa shape index (κ1) is 20.6. The molecule has 1 atom stereocenters. The highest BCUT2D eigenvalue weighted by Crippen LogP contribution is 2.31. The number of ether oxygens (including phenoxy) is 1. The monoisotopic (exact) mass is 394 g/mol. The van der Waals surface area contributed by atoms with E-state index in [4.69, 9.17) is 4.74 Å². The predicted octanol–water partition coefficient (Wildman–Crippen LogP) is 3.58. The third-order valence-corrected chi connectivity index (χ3v) is 4.98. The molecule has 1 heterocycles. The van der Waals surface area contributed by atoms with Crippen molar-refractivity contribution >= 4 is 23.4 Å². The lowest BCUT2D eigenvalue weighted by molar-refractivity contribution is -0.123. The average Bonchev–Trinajstić information content (AvgIpc) is 2.95. The summed E-state index contributed by atoms with van der Waals surface area (Å²) in [5.41, 5.74) is 1.31. The van der Waals surface area contributed by atoms with Crippen LogP contribution in [0, 0.1) is 6.92 Å². The minimum atomic E-state index is -0.859. The molecule has 1 unspecified atom stereocenters. The molecule has 152 valence electrons. The van der Waals surface area contributed by atoms with Crippen molar-refractivity contribution in [2.45, 2.75) is 45.7 Å². The molecular formula is C23H26N2O4. The first-order valence-corrected chi connectivity index (χ1v) is 9.54. The van der Waals surface area contributed by atoms with Gasteiger partial charge in [-0.25, -0.2) is 4.90 Å². The van der Waals surface area contributed by atoms with Gasteiger partial charge in [0.1, 0.15) is 11.8 Å². The van der Waals surface area contributed by atoms with E-state index in [0.717, 1.165) is 5.56 Å². The first-order valence-electron chi connectivity index (χ1n) is 9.54. The van der Waals surface area contributed by atoms with Crippen molar-refractivity contribution < 1.29 is 19.1 Å². The Kier molecular flexibility index (Phi) is 5.46. The van der Waals surface area contributed by atoms with Crippen LogP contribution in [0.1, 0.15) is 43.1 Å². The molecule has 0 bridgehead atoms. The highest BCUT2D eigenvalue weighted by molar-refractivity contribution is 6.23. The number of rotatable bonds is 4. The van der Waals surface area contributed by atoms with Gasteiger partial charge in [-0.2, -0.15) is 0 Å². The number of methoxy groups -OCH3 is 1. The smallest absolute Gasteiger partial charge is 0.257 e. The number of imide groups is 1. The Morgan fingerprint density at radius 1 is 1.10 bits per heavy atom. The lowest BCUT2D eigenvalue weighted by atomic mass is 9.99. The zero-order valence-electron chi connectivity index (χ0n) is 17.4. The summed E-state index contributed by atoms with van der Waals surface area (Å²) in [5, 5.41) is 0. The fraction of sp³-hybridized carbons (Fsp3) is 0.348. The molecule has 3 rings (SSSR count). The Balaban J connectivity index is 1.97. The molecule has 6 heteroatoms. The van der Waals surface area contributed by atoms with E-state index in [1.807, 2.05) is 39.8 Å². The molecule has 0 aromatic heterocycles. The van der Waals surface area contributed by atoms with E-state index in [0.29, 0.717) is 17.0 Å². The Labute approximate surface area is 171 Å². The molecule has 2 aromatic carbocycles. The van der Waals surface area contributed by atoms with Crippen LogP contribution < -0.4 is 9.64 Å². The molecule has 0 radical (unpaired) electrons. The Morgan fingerprint density at radius 3 is 2.34 bits per heavy atom. The van der Waals surface area contributed by atoms with Crippen LogP contribution in [0.25, 0.3) is 0 Å².